The summed E-state index contributed by atoms with van der Waals surface area (Å²) in [6.45, 7) is 3.47. The summed E-state index contributed by atoms with van der Waals surface area (Å²) in [6.07, 6.45) is 0.247. The molecule has 0 aliphatic heterocycles. The van der Waals surface area contributed by atoms with Gasteiger partial charge in [0.15, 0.2) is 5.58 Å². The van der Waals surface area contributed by atoms with Crippen molar-refractivity contribution in [1.29, 1.82) is 0 Å². The number of fused-ring (bicyclic) bond motifs is 1. The third-order valence-corrected chi connectivity index (χ3v) is 3.48. The number of rotatable bonds is 5. The maximum absolute atomic E-state index is 12.1. The Morgan fingerprint density at radius 1 is 1.35 bits per heavy atom. The molecule has 2 aromatic rings. The second-order valence-electron chi connectivity index (χ2n) is 5.94. The topological polar surface area (TPSA) is 114 Å². The number of amides is 2. The zero-order valence-electron chi connectivity index (χ0n) is 13.2. The molecule has 0 saturated carbocycles. The predicted molar refractivity (Wildman–Crippen MR) is 84.6 cm³/mol. The molecule has 2 amide bonds. The molecule has 0 fully saturated rings. The van der Waals surface area contributed by atoms with Gasteiger partial charge in [0.2, 0.25) is 0 Å². The minimum atomic E-state index is -0.920. The molecule has 1 aromatic heterocycles. The molecule has 124 valence electrons. The van der Waals surface area contributed by atoms with Gasteiger partial charge in [0, 0.05) is 19.0 Å². The summed E-state index contributed by atoms with van der Waals surface area (Å²) in [6, 6.07) is 4.52. The molecule has 1 aromatic carbocycles. The summed E-state index contributed by atoms with van der Waals surface area (Å²) >= 11 is 0. The monoisotopic (exact) mass is 321 g/mol. The van der Waals surface area contributed by atoms with E-state index in [1.807, 2.05) is 0 Å². The maximum Gasteiger partial charge on any atom is 0.419 e. The highest BCUT2D eigenvalue weighted by molar-refractivity contribution is 5.98. The number of hydrogen-bond acceptors (Lipinski definition) is 4. The normalized spacial score (nSPS) is 11.4. The van der Waals surface area contributed by atoms with Gasteiger partial charge in [-0.3, -0.25) is 9.36 Å². The average molecular weight is 321 g/mol. The number of aryl methyl sites for hydroxylation is 1. The van der Waals surface area contributed by atoms with Gasteiger partial charge in [0.1, 0.15) is 0 Å². The van der Waals surface area contributed by atoms with Crippen molar-refractivity contribution in [3.05, 3.63) is 28.7 Å². The fraction of sp³-hybridized carbons (Fsp3) is 0.400. The van der Waals surface area contributed by atoms with Crippen LogP contribution in [0.15, 0.2) is 27.4 Å². The number of urea groups is 1. The first-order valence-corrected chi connectivity index (χ1v) is 7.09. The van der Waals surface area contributed by atoms with Crippen LogP contribution < -0.4 is 16.4 Å². The van der Waals surface area contributed by atoms with Crippen LogP contribution in [0.2, 0.25) is 0 Å². The Bertz CT molecular complexity index is 803. The fourth-order valence-electron chi connectivity index (χ4n) is 2.19. The summed E-state index contributed by atoms with van der Waals surface area (Å²) in [5.41, 5.74) is 0.539. The molecule has 3 N–H and O–H groups in total. The largest absolute Gasteiger partial charge is 0.481 e. The lowest BCUT2D eigenvalue weighted by Gasteiger charge is -2.25. The third-order valence-electron chi connectivity index (χ3n) is 3.48. The zero-order valence-corrected chi connectivity index (χ0v) is 13.2. The van der Waals surface area contributed by atoms with Crippen molar-refractivity contribution in [2.45, 2.75) is 32.2 Å². The first kappa shape index (κ1) is 16.6. The van der Waals surface area contributed by atoms with E-state index in [4.69, 9.17) is 9.52 Å². The number of aliphatic carboxylic acids is 1. The molecule has 0 unspecified atom stereocenters. The first-order valence-electron chi connectivity index (χ1n) is 7.09. The minimum absolute atomic E-state index is 0.0452. The van der Waals surface area contributed by atoms with E-state index in [9.17, 15) is 14.4 Å². The Balaban J connectivity index is 2.13. The van der Waals surface area contributed by atoms with Gasteiger partial charge in [0.05, 0.1) is 11.2 Å². The summed E-state index contributed by atoms with van der Waals surface area (Å²) in [7, 11) is 1.58. The molecule has 0 aliphatic rings. The molecule has 0 saturated heterocycles. The number of anilines is 1. The number of para-hydroxylation sites is 1. The summed E-state index contributed by atoms with van der Waals surface area (Å²) in [5.74, 6) is -1.44. The zero-order chi connectivity index (χ0) is 17.2. The summed E-state index contributed by atoms with van der Waals surface area (Å²) < 4.78 is 6.47. The van der Waals surface area contributed by atoms with Crippen molar-refractivity contribution in [3.8, 4) is 0 Å². The lowest BCUT2D eigenvalue weighted by Crippen LogP contribution is -2.45. The molecule has 23 heavy (non-hydrogen) atoms. The highest BCUT2D eigenvalue weighted by atomic mass is 16.4. The second-order valence-corrected chi connectivity index (χ2v) is 5.94. The number of carboxylic acids is 1. The van der Waals surface area contributed by atoms with Gasteiger partial charge in [-0.1, -0.05) is 6.07 Å². The van der Waals surface area contributed by atoms with Crippen molar-refractivity contribution in [1.82, 2.24) is 9.88 Å². The van der Waals surface area contributed by atoms with Gasteiger partial charge in [-0.25, -0.2) is 9.59 Å². The van der Waals surface area contributed by atoms with Crippen molar-refractivity contribution in [2.75, 3.05) is 5.32 Å². The Labute approximate surface area is 132 Å². The van der Waals surface area contributed by atoms with E-state index in [0.717, 1.165) is 0 Å². The molecular weight excluding hydrogens is 302 g/mol. The molecule has 0 bridgehead atoms. The third kappa shape index (κ3) is 3.91. The molecule has 0 atom stereocenters. The lowest BCUT2D eigenvalue weighted by atomic mass is 9.99. The quantitative estimate of drug-likeness (QED) is 0.778. The highest BCUT2D eigenvalue weighted by Crippen LogP contribution is 2.22. The number of carboxylic acid groups (broad SMARTS) is 1. The van der Waals surface area contributed by atoms with Crippen LogP contribution in [0.4, 0.5) is 10.5 Å². The van der Waals surface area contributed by atoms with Crippen molar-refractivity contribution in [2.24, 2.45) is 7.05 Å². The van der Waals surface area contributed by atoms with E-state index >= 15 is 0 Å². The number of nitrogens with zero attached hydrogens (tertiary/aromatic N) is 1. The van der Waals surface area contributed by atoms with E-state index in [-0.39, 0.29) is 6.42 Å². The molecule has 0 radical (unpaired) electrons. The molecule has 0 aliphatic carbocycles. The number of benzene rings is 1. The maximum atomic E-state index is 12.1. The van der Waals surface area contributed by atoms with Gasteiger partial charge in [-0.05, 0) is 32.4 Å². The minimum Gasteiger partial charge on any atom is -0.481 e. The van der Waals surface area contributed by atoms with Crippen LogP contribution in [0.1, 0.15) is 26.7 Å². The van der Waals surface area contributed by atoms with E-state index in [1.165, 1.54) is 4.57 Å². The Hall–Kier alpha value is -2.77. The molecular formula is C15H19N3O5. The van der Waals surface area contributed by atoms with E-state index in [0.29, 0.717) is 23.2 Å². The number of carbonyl (C=O) groups is 2. The molecule has 0 spiro atoms. The van der Waals surface area contributed by atoms with Crippen LogP contribution in [0.25, 0.3) is 11.1 Å². The van der Waals surface area contributed by atoms with Crippen molar-refractivity contribution >= 4 is 28.8 Å². The number of aromatic nitrogens is 1. The SMILES string of the molecule is Cn1c(=O)oc2c(NC(=O)NC(C)(C)CCC(=O)O)cccc21. The lowest BCUT2D eigenvalue weighted by molar-refractivity contribution is -0.137. The molecule has 1 heterocycles. The van der Waals surface area contributed by atoms with Crippen molar-refractivity contribution < 1.29 is 19.1 Å². The number of carbonyl (C=O) groups excluding carboxylic acids is 1. The predicted octanol–water partition coefficient (Wildman–Crippen LogP) is 1.90. The summed E-state index contributed by atoms with van der Waals surface area (Å²) in [5, 5.41) is 14.1. The van der Waals surface area contributed by atoms with E-state index in [2.05, 4.69) is 10.6 Å². The molecule has 2 rings (SSSR count). The molecule has 8 heteroatoms. The Kier molecular flexibility index (Phi) is 4.44. The van der Waals surface area contributed by atoms with Crippen LogP contribution in [0.3, 0.4) is 0 Å². The fourth-order valence-corrected chi connectivity index (χ4v) is 2.19. The van der Waals surface area contributed by atoms with Gasteiger partial charge in [-0.2, -0.15) is 0 Å². The van der Waals surface area contributed by atoms with Gasteiger partial charge >= 0.3 is 17.8 Å². The van der Waals surface area contributed by atoms with Crippen LogP contribution in [0, 0.1) is 0 Å². The van der Waals surface area contributed by atoms with Crippen LogP contribution >= 0.6 is 0 Å². The van der Waals surface area contributed by atoms with Gasteiger partial charge in [0.25, 0.3) is 0 Å². The highest BCUT2D eigenvalue weighted by Gasteiger charge is 2.22. The van der Waals surface area contributed by atoms with Gasteiger partial charge in [-0.15, -0.1) is 0 Å². The molecule has 8 nitrogen and oxygen atoms in total. The van der Waals surface area contributed by atoms with Gasteiger partial charge < -0.3 is 20.2 Å². The van der Waals surface area contributed by atoms with E-state index in [1.54, 1.807) is 39.1 Å². The number of oxazole rings is 1. The van der Waals surface area contributed by atoms with Crippen LogP contribution in [0.5, 0.6) is 0 Å². The summed E-state index contributed by atoms with van der Waals surface area (Å²) in [4.78, 5) is 34.3. The second kappa shape index (κ2) is 6.15. The number of nitrogens with one attached hydrogen (secondary N) is 2. The van der Waals surface area contributed by atoms with Crippen LogP contribution in [-0.4, -0.2) is 27.2 Å². The Morgan fingerprint density at radius 2 is 2.04 bits per heavy atom. The van der Waals surface area contributed by atoms with Crippen molar-refractivity contribution in [3.63, 3.8) is 0 Å². The first-order chi connectivity index (χ1) is 10.7. The van der Waals surface area contributed by atoms with E-state index < -0.39 is 23.3 Å². The standard InChI is InChI=1S/C15H19N3O5/c1-15(2,8-7-11(19)20)17-13(21)16-9-5-4-6-10-12(9)23-14(22)18(10)3/h4-6H,7-8H2,1-3H3,(H,19,20)(H2,16,17,21). The average Bonchev–Trinajstić information content (AvgIpc) is 2.73. The Morgan fingerprint density at radius 3 is 2.70 bits per heavy atom. The number of hydrogen-bond donors (Lipinski definition) is 3. The van der Waals surface area contributed by atoms with Crippen LogP contribution in [-0.2, 0) is 11.8 Å². The smallest absolute Gasteiger partial charge is 0.419 e.